The average molecular weight is 371 g/mol. The summed E-state index contributed by atoms with van der Waals surface area (Å²) in [5, 5.41) is 11.7. The lowest BCUT2D eigenvalue weighted by Gasteiger charge is -2.16. The van der Waals surface area contributed by atoms with E-state index in [1.807, 2.05) is 30.3 Å². The van der Waals surface area contributed by atoms with Crippen LogP contribution in [0, 0.1) is 5.92 Å². The Morgan fingerprint density at radius 2 is 1.69 bits per heavy atom. The molecule has 6 heteroatoms. The Hall–Kier alpha value is -2.60. The number of thioether (sulfide) groups is 1. The quantitative estimate of drug-likeness (QED) is 0.736. The van der Waals surface area contributed by atoms with Crippen LogP contribution >= 0.6 is 11.8 Å². The number of anilines is 1. The molecule has 26 heavy (non-hydrogen) atoms. The van der Waals surface area contributed by atoms with Gasteiger partial charge < -0.3 is 10.4 Å². The SMILES string of the molecule is CC(=O)SCC(CCc1ccccc1)C(=O)Nc1ccc(C(=O)O)cc1. The first-order valence-electron chi connectivity index (χ1n) is 8.27. The molecular formula is C20H21NO4S. The second-order valence-electron chi connectivity index (χ2n) is 5.90. The maximum atomic E-state index is 12.6. The molecule has 2 N–H and O–H groups in total. The molecule has 0 aliphatic rings. The zero-order valence-electron chi connectivity index (χ0n) is 14.5. The van der Waals surface area contributed by atoms with Crippen molar-refractivity contribution in [3.63, 3.8) is 0 Å². The second kappa shape index (κ2) is 9.77. The van der Waals surface area contributed by atoms with Gasteiger partial charge in [-0.2, -0.15) is 0 Å². The largest absolute Gasteiger partial charge is 0.478 e. The van der Waals surface area contributed by atoms with Gasteiger partial charge in [0.1, 0.15) is 0 Å². The third kappa shape index (κ3) is 6.37. The first-order chi connectivity index (χ1) is 12.5. The summed E-state index contributed by atoms with van der Waals surface area (Å²) in [6.07, 6.45) is 1.37. The van der Waals surface area contributed by atoms with E-state index in [0.717, 1.165) is 23.7 Å². The predicted molar refractivity (Wildman–Crippen MR) is 103 cm³/mol. The second-order valence-corrected chi connectivity index (χ2v) is 7.09. The van der Waals surface area contributed by atoms with Crippen LogP contribution in [0.25, 0.3) is 0 Å². The number of hydrogen-bond donors (Lipinski definition) is 2. The van der Waals surface area contributed by atoms with Gasteiger partial charge >= 0.3 is 5.97 Å². The van der Waals surface area contributed by atoms with Crippen LogP contribution in [0.1, 0.15) is 29.3 Å². The molecule has 0 aromatic heterocycles. The fraction of sp³-hybridized carbons (Fsp3) is 0.250. The van der Waals surface area contributed by atoms with Crippen molar-refractivity contribution in [2.45, 2.75) is 19.8 Å². The molecule has 0 bridgehead atoms. The highest BCUT2D eigenvalue weighted by Gasteiger charge is 2.20. The number of carboxylic acid groups (broad SMARTS) is 1. The summed E-state index contributed by atoms with van der Waals surface area (Å²) in [4.78, 5) is 34.8. The van der Waals surface area contributed by atoms with E-state index in [-0.39, 0.29) is 22.5 Å². The summed E-state index contributed by atoms with van der Waals surface area (Å²) < 4.78 is 0. The minimum absolute atomic E-state index is 0.0201. The van der Waals surface area contributed by atoms with E-state index >= 15 is 0 Å². The Bertz CT molecular complexity index is 759. The standard InChI is InChI=1S/C20H21NO4S/c1-14(22)26-13-17(8-7-15-5-3-2-4-6-15)19(23)21-18-11-9-16(10-12-18)20(24)25/h2-6,9-12,17H,7-8,13H2,1H3,(H,21,23)(H,24,25). The number of aryl methyl sites for hydroxylation is 1. The zero-order valence-corrected chi connectivity index (χ0v) is 15.3. The number of carboxylic acids is 1. The number of carbonyl (C=O) groups is 3. The molecule has 2 aromatic carbocycles. The first kappa shape index (κ1) is 19.7. The van der Waals surface area contributed by atoms with Crippen LogP contribution in [-0.2, 0) is 16.0 Å². The van der Waals surface area contributed by atoms with Gasteiger partial charge in [-0.15, -0.1) is 0 Å². The topological polar surface area (TPSA) is 83.5 Å². The molecule has 1 unspecified atom stereocenters. The first-order valence-corrected chi connectivity index (χ1v) is 9.26. The number of nitrogens with one attached hydrogen (secondary N) is 1. The lowest BCUT2D eigenvalue weighted by Crippen LogP contribution is -2.25. The molecule has 0 aliphatic carbocycles. The highest BCUT2D eigenvalue weighted by molar-refractivity contribution is 8.13. The number of hydrogen-bond acceptors (Lipinski definition) is 4. The fourth-order valence-electron chi connectivity index (χ4n) is 2.43. The van der Waals surface area contributed by atoms with Crippen molar-refractivity contribution in [1.82, 2.24) is 0 Å². The van der Waals surface area contributed by atoms with E-state index < -0.39 is 5.97 Å². The molecule has 0 spiro atoms. The summed E-state index contributed by atoms with van der Waals surface area (Å²) in [5.74, 6) is -1.08. The molecule has 0 heterocycles. The Kier molecular flexibility index (Phi) is 7.41. The van der Waals surface area contributed by atoms with Gasteiger partial charge in [0.05, 0.1) is 5.56 Å². The molecule has 5 nitrogen and oxygen atoms in total. The minimum Gasteiger partial charge on any atom is -0.478 e. The molecule has 2 rings (SSSR count). The molecule has 0 saturated carbocycles. The van der Waals surface area contributed by atoms with E-state index in [0.29, 0.717) is 17.9 Å². The molecule has 0 fully saturated rings. The number of amides is 1. The average Bonchev–Trinajstić information content (AvgIpc) is 2.62. The molecule has 136 valence electrons. The van der Waals surface area contributed by atoms with Gasteiger partial charge in [0.25, 0.3) is 0 Å². The molecule has 0 aliphatic heterocycles. The van der Waals surface area contributed by atoms with Crippen molar-refractivity contribution < 1.29 is 19.5 Å². The normalized spacial score (nSPS) is 11.6. The number of benzene rings is 2. The molecule has 0 radical (unpaired) electrons. The van der Waals surface area contributed by atoms with Crippen LogP contribution in [0.5, 0.6) is 0 Å². The maximum absolute atomic E-state index is 12.6. The van der Waals surface area contributed by atoms with Crippen molar-refractivity contribution >= 4 is 34.4 Å². The number of carbonyl (C=O) groups excluding carboxylic acids is 2. The maximum Gasteiger partial charge on any atom is 0.335 e. The lowest BCUT2D eigenvalue weighted by molar-refractivity contribution is -0.119. The third-order valence-corrected chi connectivity index (χ3v) is 4.86. The zero-order chi connectivity index (χ0) is 18.9. The molecule has 0 saturated heterocycles. The van der Waals surface area contributed by atoms with E-state index in [9.17, 15) is 14.4 Å². The van der Waals surface area contributed by atoms with Crippen LogP contribution in [0.2, 0.25) is 0 Å². The Balaban J connectivity index is 2.01. The van der Waals surface area contributed by atoms with E-state index in [2.05, 4.69) is 5.32 Å². The van der Waals surface area contributed by atoms with Gasteiger partial charge in [0.2, 0.25) is 5.91 Å². The Morgan fingerprint density at radius 3 is 2.27 bits per heavy atom. The van der Waals surface area contributed by atoms with Gasteiger partial charge in [-0.25, -0.2) is 4.79 Å². The fourth-order valence-corrected chi connectivity index (χ4v) is 3.19. The van der Waals surface area contributed by atoms with Crippen LogP contribution in [0.3, 0.4) is 0 Å². The molecule has 1 amide bonds. The lowest BCUT2D eigenvalue weighted by atomic mass is 10.00. The van der Waals surface area contributed by atoms with Crippen molar-refractivity contribution in [3.8, 4) is 0 Å². The van der Waals surface area contributed by atoms with Crippen LogP contribution in [0.4, 0.5) is 5.69 Å². The summed E-state index contributed by atoms with van der Waals surface area (Å²) in [5.41, 5.74) is 1.84. The molecular weight excluding hydrogens is 350 g/mol. The van der Waals surface area contributed by atoms with Gasteiger partial charge in [-0.1, -0.05) is 42.1 Å². The van der Waals surface area contributed by atoms with E-state index in [4.69, 9.17) is 5.11 Å². The summed E-state index contributed by atoms with van der Waals surface area (Å²) in [6.45, 7) is 1.49. The monoisotopic (exact) mass is 371 g/mol. The highest BCUT2D eigenvalue weighted by Crippen LogP contribution is 2.19. The Labute approximate surface area is 156 Å². The van der Waals surface area contributed by atoms with Gasteiger partial charge in [-0.3, -0.25) is 9.59 Å². The molecule has 1 atom stereocenters. The van der Waals surface area contributed by atoms with Crippen molar-refractivity contribution in [1.29, 1.82) is 0 Å². The predicted octanol–water partition coefficient (Wildman–Crippen LogP) is 3.85. The van der Waals surface area contributed by atoms with Crippen molar-refractivity contribution in [3.05, 3.63) is 65.7 Å². The van der Waals surface area contributed by atoms with Crippen LogP contribution in [-0.4, -0.2) is 27.9 Å². The van der Waals surface area contributed by atoms with Gasteiger partial charge in [0, 0.05) is 24.3 Å². The van der Waals surface area contributed by atoms with Gasteiger partial charge in [-0.05, 0) is 42.7 Å². The highest BCUT2D eigenvalue weighted by atomic mass is 32.2. The van der Waals surface area contributed by atoms with Crippen LogP contribution < -0.4 is 5.32 Å². The van der Waals surface area contributed by atoms with E-state index in [1.54, 1.807) is 12.1 Å². The summed E-state index contributed by atoms with van der Waals surface area (Å²) in [7, 11) is 0. The summed E-state index contributed by atoms with van der Waals surface area (Å²) in [6, 6.07) is 15.9. The number of aromatic carboxylic acids is 1. The third-order valence-electron chi connectivity index (χ3n) is 3.88. The van der Waals surface area contributed by atoms with E-state index in [1.165, 1.54) is 19.1 Å². The smallest absolute Gasteiger partial charge is 0.335 e. The number of rotatable bonds is 8. The van der Waals surface area contributed by atoms with Crippen molar-refractivity contribution in [2.24, 2.45) is 5.92 Å². The Morgan fingerprint density at radius 1 is 1.04 bits per heavy atom. The van der Waals surface area contributed by atoms with Gasteiger partial charge in [0.15, 0.2) is 5.12 Å². The molecule has 2 aromatic rings. The minimum atomic E-state index is -1.01. The summed E-state index contributed by atoms with van der Waals surface area (Å²) >= 11 is 1.14. The van der Waals surface area contributed by atoms with Crippen molar-refractivity contribution in [2.75, 3.05) is 11.1 Å². The van der Waals surface area contributed by atoms with Crippen LogP contribution in [0.15, 0.2) is 54.6 Å².